The predicted octanol–water partition coefficient (Wildman–Crippen LogP) is 3.96. The summed E-state index contributed by atoms with van der Waals surface area (Å²) in [6.07, 6.45) is 0.806. The zero-order chi connectivity index (χ0) is 23.3. The molecule has 6 nitrogen and oxygen atoms in total. The van der Waals surface area contributed by atoms with Crippen LogP contribution in [0.4, 0.5) is 10.1 Å². The van der Waals surface area contributed by atoms with Gasteiger partial charge in [0.25, 0.3) is 0 Å². The van der Waals surface area contributed by atoms with E-state index in [1.54, 1.807) is 23.9 Å². The number of thioether (sulfide) groups is 1. The molecule has 7 rings (SSSR count). The molecule has 3 aromatic rings. The van der Waals surface area contributed by atoms with Crippen molar-refractivity contribution in [3.8, 4) is 5.75 Å². The van der Waals surface area contributed by atoms with Crippen molar-refractivity contribution in [1.29, 1.82) is 0 Å². The molecule has 172 valence electrons. The highest BCUT2D eigenvalue weighted by Crippen LogP contribution is 2.68. The van der Waals surface area contributed by atoms with E-state index in [0.717, 1.165) is 21.9 Å². The zero-order valence-corrected chi connectivity index (χ0v) is 19.3. The summed E-state index contributed by atoms with van der Waals surface area (Å²) in [6.45, 7) is 0. The van der Waals surface area contributed by atoms with Crippen molar-refractivity contribution in [3.63, 3.8) is 0 Å². The molecule has 7 atom stereocenters. The lowest BCUT2D eigenvalue weighted by atomic mass is 9.68. The van der Waals surface area contributed by atoms with Gasteiger partial charge >= 0.3 is 4.87 Å². The smallest absolute Gasteiger partial charge is 0.305 e. The Morgan fingerprint density at radius 3 is 2.32 bits per heavy atom. The minimum absolute atomic E-state index is 0.0125. The van der Waals surface area contributed by atoms with Gasteiger partial charge in [-0.1, -0.05) is 23.5 Å². The molecule has 2 saturated carbocycles. The number of hydrogen-bond acceptors (Lipinski definition) is 6. The van der Waals surface area contributed by atoms with Gasteiger partial charge in [0.2, 0.25) is 11.8 Å². The number of phenolic OH excluding ortho intramolecular Hbond substituents is 1. The first-order valence-corrected chi connectivity index (χ1v) is 12.9. The quantitative estimate of drug-likeness (QED) is 0.527. The molecule has 0 radical (unpaired) electrons. The van der Waals surface area contributed by atoms with Crippen LogP contribution in [-0.4, -0.2) is 27.2 Å². The highest BCUT2D eigenvalue weighted by atomic mass is 32.2. The number of thiazole rings is 1. The maximum Gasteiger partial charge on any atom is 0.305 e. The summed E-state index contributed by atoms with van der Waals surface area (Å²) in [5.74, 6) is -1.36. The molecule has 4 aliphatic rings. The van der Waals surface area contributed by atoms with Gasteiger partial charge in [-0.25, -0.2) is 4.39 Å². The summed E-state index contributed by atoms with van der Waals surface area (Å²) in [4.78, 5) is 44.5. The molecule has 3 fully saturated rings. The molecule has 2 amide bonds. The molecule has 2 N–H and O–H groups in total. The van der Waals surface area contributed by atoms with E-state index in [-0.39, 0.29) is 57.3 Å². The van der Waals surface area contributed by atoms with Gasteiger partial charge in [0.1, 0.15) is 11.6 Å². The molecular weight excluding hydrogens is 475 g/mol. The number of amides is 2. The fraction of sp³-hybridized carbons (Fsp3) is 0.320. The lowest BCUT2D eigenvalue weighted by Crippen LogP contribution is -2.42. The monoisotopic (exact) mass is 494 g/mol. The van der Waals surface area contributed by atoms with Crippen molar-refractivity contribution in [1.82, 2.24) is 4.98 Å². The number of aromatic amines is 1. The predicted molar refractivity (Wildman–Crippen MR) is 125 cm³/mol. The molecule has 3 heterocycles. The van der Waals surface area contributed by atoms with Gasteiger partial charge in [-0.3, -0.25) is 19.3 Å². The minimum atomic E-state index is -0.414. The number of H-pyrrole nitrogens is 1. The van der Waals surface area contributed by atoms with Gasteiger partial charge in [-0.15, -0.1) is 11.8 Å². The van der Waals surface area contributed by atoms with Crippen LogP contribution in [0.3, 0.4) is 0 Å². The van der Waals surface area contributed by atoms with Crippen molar-refractivity contribution in [2.24, 2.45) is 29.6 Å². The van der Waals surface area contributed by atoms with E-state index in [1.807, 2.05) is 12.1 Å². The molecule has 2 bridgehead atoms. The van der Waals surface area contributed by atoms with Crippen LogP contribution in [0, 0.1) is 35.4 Å². The lowest BCUT2D eigenvalue weighted by Gasteiger charge is -2.43. The number of aromatic hydroxyl groups is 1. The Morgan fingerprint density at radius 1 is 0.941 bits per heavy atom. The molecule has 0 unspecified atom stereocenters. The second-order valence-corrected chi connectivity index (χ2v) is 11.7. The van der Waals surface area contributed by atoms with Crippen molar-refractivity contribution in [3.05, 3.63) is 74.5 Å². The molecule has 2 aromatic carbocycles. The molecule has 2 aliphatic heterocycles. The number of benzene rings is 2. The van der Waals surface area contributed by atoms with Crippen LogP contribution >= 0.6 is 23.1 Å². The highest BCUT2D eigenvalue weighted by Gasteiger charge is 2.69. The van der Waals surface area contributed by atoms with Crippen LogP contribution in [0.15, 0.2) is 58.4 Å². The number of carbonyl (C=O) groups is 2. The summed E-state index contributed by atoms with van der Waals surface area (Å²) in [7, 11) is 0. The van der Waals surface area contributed by atoms with Crippen molar-refractivity contribution in [2.75, 3.05) is 4.90 Å². The Hall–Kier alpha value is -2.91. The van der Waals surface area contributed by atoms with Crippen LogP contribution in [0.2, 0.25) is 0 Å². The topological polar surface area (TPSA) is 90.5 Å². The van der Waals surface area contributed by atoms with Gasteiger partial charge < -0.3 is 10.1 Å². The number of hydrogen-bond donors (Lipinski definition) is 2. The Bertz CT molecular complexity index is 1400. The number of imide groups is 1. The zero-order valence-electron chi connectivity index (χ0n) is 17.7. The Labute approximate surface area is 201 Å². The highest BCUT2D eigenvalue weighted by molar-refractivity contribution is 8.00. The number of halogens is 1. The number of aromatic nitrogens is 1. The number of phenols is 1. The van der Waals surface area contributed by atoms with Crippen molar-refractivity contribution in [2.45, 2.75) is 22.6 Å². The third kappa shape index (κ3) is 2.65. The molecule has 1 aromatic heterocycles. The van der Waals surface area contributed by atoms with Crippen LogP contribution < -0.4 is 9.77 Å². The second kappa shape index (κ2) is 7.05. The standard InChI is InChI=1S/C25H19FN2O4S2/c26-11-3-5-12(6-4-11)28-23(30)18-14-9-15(19(18)24(28)31)20-17(14)16(10-1-7-13(29)8-2-10)21-22(33-20)27-25(32)34-21/h1-8,14-20,29H,9H2,(H,27,32)/t14-,15+,16-,17-,18-,19-,20-/m0/s1. The Kier molecular flexibility index (Phi) is 4.24. The first-order chi connectivity index (χ1) is 16.4. The van der Waals surface area contributed by atoms with Gasteiger partial charge in [-0.05, 0) is 66.1 Å². The van der Waals surface area contributed by atoms with Crippen LogP contribution in [-0.2, 0) is 9.59 Å². The average molecular weight is 495 g/mol. The Balaban J connectivity index is 1.32. The van der Waals surface area contributed by atoms with Gasteiger partial charge in [0.05, 0.1) is 22.5 Å². The van der Waals surface area contributed by atoms with E-state index in [2.05, 4.69) is 4.98 Å². The fourth-order valence-corrected chi connectivity index (χ4v) is 9.81. The SMILES string of the molecule is O=C1[C@H]2[C@H]3C[C@@H]([C@@H]4Sc5[nH]c(=O)sc5[C@@H](c5ccc(O)cc5)[C@H]34)[C@@H]2C(=O)N1c1ccc(F)cc1. The molecule has 2 aliphatic carbocycles. The normalized spacial score (nSPS) is 33.2. The fourth-order valence-electron chi connectivity index (χ4n) is 6.92. The van der Waals surface area contributed by atoms with Crippen LogP contribution in [0.1, 0.15) is 22.8 Å². The number of carbonyl (C=O) groups excluding carboxylic acids is 2. The first-order valence-electron chi connectivity index (χ1n) is 11.2. The molecule has 34 heavy (non-hydrogen) atoms. The number of rotatable bonds is 2. The summed E-state index contributed by atoms with van der Waals surface area (Å²) < 4.78 is 13.5. The number of anilines is 1. The van der Waals surface area contributed by atoms with Crippen LogP contribution in [0.5, 0.6) is 5.75 Å². The summed E-state index contributed by atoms with van der Waals surface area (Å²) in [5, 5.41) is 10.8. The van der Waals surface area contributed by atoms with Gasteiger partial charge in [-0.2, -0.15) is 0 Å². The van der Waals surface area contributed by atoms with Gasteiger partial charge in [0, 0.05) is 16.0 Å². The van der Waals surface area contributed by atoms with E-state index >= 15 is 0 Å². The van der Waals surface area contributed by atoms with Crippen LogP contribution in [0.25, 0.3) is 0 Å². The minimum Gasteiger partial charge on any atom is -0.508 e. The van der Waals surface area contributed by atoms with Crippen molar-refractivity contribution >= 4 is 40.6 Å². The third-order valence-corrected chi connectivity index (χ3v) is 10.6. The molecular formula is C25H19FN2O4S2. The Morgan fingerprint density at radius 2 is 1.62 bits per heavy atom. The summed E-state index contributed by atoms with van der Waals surface area (Å²) >= 11 is 2.84. The maximum atomic E-state index is 13.6. The van der Waals surface area contributed by atoms with E-state index < -0.39 is 11.7 Å². The molecule has 9 heteroatoms. The third-order valence-electron chi connectivity index (χ3n) is 8.06. The first kappa shape index (κ1) is 20.5. The average Bonchev–Trinajstić information content (AvgIpc) is 3.54. The lowest BCUT2D eigenvalue weighted by molar-refractivity contribution is -0.123. The van der Waals surface area contributed by atoms with Gasteiger partial charge in [0.15, 0.2) is 0 Å². The maximum absolute atomic E-state index is 13.6. The number of nitrogens with one attached hydrogen (secondary N) is 1. The molecule has 0 spiro atoms. The number of nitrogens with zero attached hydrogens (tertiary/aromatic N) is 1. The van der Waals surface area contributed by atoms with E-state index in [0.29, 0.717) is 5.69 Å². The van der Waals surface area contributed by atoms with E-state index in [9.17, 15) is 23.9 Å². The number of fused-ring (bicyclic) bond motifs is 9. The second-order valence-electron chi connectivity index (χ2n) is 9.54. The van der Waals surface area contributed by atoms with Crippen molar-refractivity contribution < 1.29 is 19.1 Å². The van der Waals surface area contributed by atoms with E-state index in [1.165, 1.54) is 40.5 Å². The summed E-state index contributed by atoms with van der Waals surface area (Å²) in [5.41, 5.74) is 1.42. The summed E-state index contributed by atoms with van der Waals surface area (Å²) in [6, 6.07) is 12.6. The van der Waals surface area contributed by atoms with E-state index in [4.69, 9.17) is 0 Å². The molecule has 1 saturated heterocycles. The largest absolute Gasteiger partial charge is 0.508 e.